The van der Waals surface area contributed by atoms with Crippen molar-refractivity contribution >= 4 is 21.2 Å². The molecule has 0 unspecified atom stereocenters. The molecule has 0 N–H and O–H groups in total. The van der Waals surface area contributed by atoms with Crippen molar-refractivity contribution in [3.63, 3.8) is 0 Å². The summed E-state index contributed by atoms with van der Waals surface area (Å²) in [4.78, 5) is 8.27. The molecule has 0 saturated carbocycles. The second kappa shape index (κ2) is 7.52. The highest BCUT2D eigenvalue weighted by Gasteiger charge is 2.22. The van der Waals surface area contributed by atoms with Gasteiger partial charge in [0.15, 0.2) is 15.7 Å². The lowest BCUT2D eigenvalue weighted by atomic mass is 10.2. The molecular weight excluding hydrogens is 404 g/mol. The zero-order valence-corrected chi connectivity index (χ0v) is 16.2. The Kier molecular flexibility index (Phi) is 4.92. The maximum Gasteiger partial charge on any atom is 0.258 e. The minimum Gasteiger partial charge on any atom is -0.497 e. The van der Waals surface area contributed by atoms with Gasteiger partial charge in [-0.05, 0) is 23.6 Å². The lowest BCUT2D eigenvalue weighted by molar-refractivity contribution is 0.389. The van der Waals surface area contributed by atoms with Gasteiger partial charge in [0, 0.05) is 10.9 Å². The lowest BCUT2D eigenvalue weighted by Gasteiger charge is -2.00. The summed E-state index contributed by atoms with van der Waals surface area (Å²) in [6, 6.07) is 8.88. The van der Waals surface area contributed by atoms with Crippen LogP contribution in [0.3, 0.4) is 0 Å². The normalized spacial score (nSPS) is 11.6. The molecule has 1 aromatic carbocycles. The first-order chi connectivity index (χ1) is 13.5. The Hall–Kier alpha value is -3.05. The third-order valence-electron chi connectivity index (χ3n) is 3.72. The standard InChI is InChI=1S/C17H14N4O5S2/c1-24-13-4-2-3-11(7-13)16-19-15(25-21-16)10-28(22,23)9-14-18-17(26-20-14)12-5-6-27-8-12/h2-8H,9-10H2,1H3. The van der Waals surface area contributed by atoms with Gasteiger partial charge in [-0.3, -0.25) is 0 Å². The van der Waals surface area contributed by atoms with Gasteiger partial charge in [-0.2, -0.15) is 21.3 Å². The van der Waals surface area contributed by atoms with Gasteiger partial charge < -0.3 is 13.8 Å². The maximum absolute atomic E-state index is 12.4. The van der Waals surface area contributed by atoms with Gasteiger partial charge in [-0.25, -0.2) is 8.42 Å². The fourth-order valence-electron chi connectivity index (χ4n) is 2.44. The van der Waals surface area contributed by atoms with Gasteiger partial charge in [0.2, 0.25) is 11.7 Å². The van der Waals surface area contributed by atoms with Crippen molar-refractivity contribution in [2.45, 2.75) is 11.5 Å². The summed E-state index contributed by atoms with van der Waals surface area (Å²) in [7, 11) is -2.08. The summed E-state index contributed by atoms with van der Waals surface area (Å²) in [6.45, 7) is 0. The number of sulfone groups is 1. The Labute approximate surface area is 163 Å². The van der Waals surface area contributed by atoms with Gasteiger partial charge in [0.05, 0.1) is 12.7 Å². The Balaban J connectivity index is 1.47. The third kappa shape index (κ3) is 4.10. The summed E-state index contributed by atoms with van der Waals surface area (Å²) in [5, 5.41) is 11.3. The molecule has 0 atom stereocenters. The van der Waals surface area contributed by atoms with E-state index in [1.165, 1.54) is 11.3 Å². The van der Waals surface area contributed by atoms with Crippen molar-refractivity contribution in [3.05, 3.63) is 52.8 Å². The quantitative estimate of drug-likeness (QED) is 0.446. The van der Waals surface area contributed by atoms with Crippen molar-refractivity contribution in [3.8, 4) is 28.6 Å². The Morgan fingerprint density at radius 1 is 1.07 bits per heavy atom. The number of aromatic nitrogens is 4. The summed E-state index contributed by atoms with van der Waals surface area (Å²) in [6.07, 6.45) is 0. The van der Waals surface area contributed by atoms with E-state index >= 15 is 0 Å². The summed E-state index contributed by atoms with van der Waals surface area (Å²) in [5.74, 6) is 0.445. The molecule has 0 aliphatic rings. The van der Waals surface area contributed by atoms with E-state index in [9.17, 15) is 8.42 Å². The van der Waals surface area contributed by atoms with E-state index in [2.05, 4.69) is 20.3 Å². The minimum atomic E-state index is -3.63. The highest BCUT2D eigenvalue weighted by atomic mass is 32.2. The van der Waals surface area contributed by atoms with Gasteiger partial charge in [0.25, 0.3) is 5.89 Å². The molecule has 3 aromatic heterocycles. The van der Waals surface area contributed by atoms with Crippen LogP contribution in [0.15, 0.2) is 50.1 Å². The van der Waals surface area contributed by atoms with E-state index in [4.69, 9.17) is 13.8 Å². The molecule has 4 rings (SSSR count). The Bertz CT molecular complexity index is 1180. The van der Waals surface area contributed by atoms with Crippen LogP contribution in [0.2, 0.25) is 0 Å². The monoisotopic (exact) mass is 418 g/mol. The molecule has 4 aromatic rings. The average molecular weight is 418 g/mol. The second-order valence-corrected chi connectivity index (χ2v) is 8.65. The lowest BCUT2D eigenvalue weighted by Crippen LogP contribution is -2.09. The van der Waals surface area contributed by atoms with Crippen LogP contribution >= 0.6 is 11.3 Å². The largest absolute Gasteiger partial charge is 0.497 e. The van der Waals surface area contributed by atoms with E-state index in [0.717, 1.165) is 5.56 Å². The third-order valence-corrected chi connectivity index (χ3v) is 5.79. The summed E-state index contributed by atoms with van der Waals surface area (Å²) in [5.41, 5.74) is 1.41. The number of hydrogen-bond acceptors (Lipinski definition) is 10. The fourth-order valence-corrected chi connectivity index (χ4v) is 4.18. The van der Waals surface area contributed by atoms with E-state index in [1.807, 2.05) is 16.8 Å². The van der Waals surface area contributed by atoms with Crippen LogP contribution in [0.25, 0.3) is 22.8 Å². The number of ether oxygens (including phenoxy) is 1. The number of thiophene rings is 1. The molecule has 3 heterocycles. The zero-order chi connectivity index (χ0) is 19.6. The summed E-state index contributed by atoms with van der Waals surface area (Å²) >= 11 is 1.48. The van der Waals surface area contributed by atoms with Crippen LogP contribution in [0.4, 0.5) is 0 Å². The van der Waals surface area contributed by atoms with Crippen molar-refractivity contribution in [2.24, 2.45) is 0 Å². The smallest absolute Gasteiger partial charge is 0.258 e. The van der Waals surface area contributed by atoms with Gasteiger partial charge in [0.1, 0.15) is 17.3 Å². The van der Waals surface area contributed by atoms with Crippen molar-refractivity contribution in [2.75, 3.05) is 7.11 Å². The number of methoxy groups -OCH3 is 1. The molecule has 0 saturated heterocycles. The van der Waals surface area contributed by atoms with Crippen molar-refractivity contribution in [1.82, 2.24) is 20.3 Å². The van der Waals surface area contributed by atoms with Crippen LogP contribution < -0.4 is 4.74 Å². The Morgan fingerprint density at radius 3 is 2.75 bits per heavy atom. The number of rotatable bonds is 7. The van der Waals surface area contributed by atoms with Gasteiger partial charge in [-0.15, -0.1) is 0 Å². The predicted molar refractivity (Wildman–Crippen MR) is 100 cm³/mol. The van der Waals surface area contributed by atoms with Gasteiger partial charge >= 0.3 is 0 Å². The first-order valence-corrected chi connectivity index (χ1v) is 10.8. The molecule has 11 heteroatoms. The Morgan fingerprint density at radius 2 is 1.96 bits per heavy atom. The molecule has 0 aliphatic carbocycles. The van der Waals surface area contributed by atoms with E-state index in [-0.39, 0.29) is 23.4 Å². The van der Waals surface area contributed by atoms with Crippen LogP contribution in [-0.2, 0) is 21.3 Å². The number of hydrogen-bond donors (Lipinski definition) is 0. The van der Waals surface area contributed by atoms with E-state index in [0.29, 0.717) is 11.3 Å². The molecule has 0 bridgehead atoms. The molecule has 0 radical (unpaired) electrons. The zero-order valence-electron chi connectivity index (χ0n) is 14.6. The molecule has 0 spiro atoms. The van der Waals surface area contributed by atoms with Crippen LogP contribution in [0.5, 0.6) is 5.75 Å². The highest BCUT2D eigenvalue weighted by molar-refractivity contribution is 7.89. The maximum atomic E-state index is 12.4. The SMILES string of the molecule is COc1cccc(-c2noc(CS(=O)(=O)Cc3noc(-c4ccsc4)n3)n2)c1. The van der Waals surface area contributed by atoms with Crippen molar-refractivity contribution < 1.29 is 22.2 Å². The van der Waals surface area contributed by atoms with Crippen LogP contribution in [0, 0.1) is 0 Å². The minimum absolute atomic E-state index is 0.0145. The van der Waals surface area contributed by atoms with E-state index < -0.39 is 21.3 Å². The first kappa shape index (κ1) is 18.3. The molecule has 28 heavy (non-hydrogen) atoms. The molecular formula is C17H14N4O5S2. The summed E-state index contributed by atoms with van der Waals surface area (Å²) < 4.78 is 40.2. The number of nitrogens with zero attached hydrogens (tertiary/aromatic N) is 4. The average Bonchev–Trinajstić information content (AvgIpc) is 3.42. The predicted octanol–water partition coefficient (Wildman–Crippen LogP) is 2.97. The highest BCUT2D eigenvalue weighted by Crippen LogP contribution is 2.23. The number of benzene rings is 1. The first-order valence-electron chi connectivity index (χ1n) is 8.05. The molecule has 0 fully saturated rings. The molecule has 9 nitrogen and oxygen atoms in total. The van der Waals surface area contributed by atoms with Crippen molar-refractivity contribution in [1.29, 1.82) is 0 Å². The molecule has 0 amide bonds. The molecule has 0 aliphatic heterocycles. The van der Waals surface area contributed by atoms with Gasteiger partial charge in [-0.1, -0.05) is 22.4 Å². The molecule has 144 valence electrons. The topological polar surface area (TPSA) is 121 Å². The van der Waals surface area contributed by atoms with E-state index in [1.54, 1.807) is 31.4 Å². The van der Waals surface area contributed by atoms with Crippen LogP contribution in [0.1, 0.15) is 11.7 Å². The van der Waals surface area contributed by atoms with Crippen LogP contribution in [-0.4, -0.2) is 35.8 Å². The fraction of sp³-hybridized carbons (Fsp3) is 0.176. The second-order valence-electron chi connectivity index (χ2n) is 5.80.